The molecule has 13 heteroatoms. The lowest BCUT2D eigenvalue weighted by atomic mass is 10.1. The maximum absolute atomic E-state index is 13.5. The molecule has 0 saturated carbocycles. The van der Waals surface area contributed by atoms with Crippen molar-refractivity contribution in [2.45, 2.75) is 78.1 Å². The van der Waals surface area contributed by atoms with Crippen molar-refractivity contribution in [2.75, 3.05) is 23.4 Å². The summed E-state index contributed by atoms with van der Waals surface area (Å²) in [6.07, 6.45) is -5.40. The number of carbonyl (C=O) groups excluding carboxylic acids is 4. The highest BCUT2D eigenvalue weighted by molar-refractivity contribution is 6.04. The number of aliphatic hydroxyl groups is 1. The summed E-state index contributed by atoms with van der Waals surface area (Å²) in [5.41, 5.74) is 0.0344. The first-order valence-corrected chi connectivity index (χ1v) is 16.0. The van der Waals surface area contributed by atoms with Gasteiger partial charge < -0.3 is 34.3 Å². The van der Waals surface area contributed by atoms with Gasteiger partial charge in [-0.15, -0.1) is 0 Å². The lowest BCUT2D eigenvalue weighted by molar-refractivity contribution is -0.150. The molecule has 13 nitrogen and oxygen atoms in total. The molecule has 264 valence electrons. The third-order valence-corrected chi connectivity index (χ3v) is 7.10. The molecule has 0 unspecified atom stereocenters. The number of nitrogens with zero attached hydrogens (tertiary/aromatic N) is 3. The van der Waals surface area contributed by atoms with Gasteiger partial charge in [-0.1, -0.05) is 36.4 Å². The summed E-state index contributed by atoms with van der Waals surface area (Å²) in [5, 5.41) is 23.3. The number of hydrogen-bond donors (Lipinski definition) is 2. The van der Waals surface area contributed by atoms with Gasteiger partial charge in [0.05, 0.1) is 24.8 Å². The Bertz CT molecular complexity index is 1710. The zero-order valence-corrected chi connectivity index (χ0v) is 29.0. The predicted molar refractivity (Wildman–Crippen MR) is 183 cm³/mol. The Morgan fingerprint density at radius 1 is 0.980 bits per heavy atom. The van der Waals surface area contributed by atoms with Gasteiger partial charge in [-0.05, 0) is 83.0 Å². The second kappa shape index (κ2) is 15.8. The summed E-state index contributed by atoms with van der Waals surface area (Å²) >= 11 is 0. The molecule has 50 heavy (non-hydrogen) atoms. The second-order valence-corrected chi connectivity index (χ2v) is 13.5. The highest BCUT2D eigenvalue weighted by Gasteiger charge is 2.40. The van der Waals surface area contributed by atoms with Crippen LogP contribution in [0.25, 0.3) is 0 Å². The molecule has 4 rings (SSSR count). The van der Waals surface area contributed by atoms with E-state index in [1.165, 1.54) is 23.1 Å². The SMILES string of the molecule is CC(C)(C)OC(=O)N(Cc1cc(NC(=O)[C@H](O)[C@H]2OCCN(c3cccc(OCc4ccccc4)c3)C2=O)ccc1C#N)C(=O)OC(C)(C)C. The molecule has 3 aromatic carbocycles. The molecule has 0 radical (unpaired) electrons. The van der Waals surface area contributed by atoms with E-state index in [9.17, 15) is 29.5 Å². The average Bonchev–Trinajstić information content (AvgIpc) is 3.05. The van der Waals surface area contributed by atoms with Gasteiger partial charge in [0.2, 0.25) is 0 Å². The normalized spacial score (nSPS) is 15.4. The molecule has 4 amide bonds. The molecule has 2 N–H and O–H groups in total. The summed E-state index contributed by atoms with van der Waals surface area (Å²) in [6.45, 7) is 9.99. The summed E-state index contributed by atoms with van der Waals surface area (Å²) in [7, 11) is 0. The fourth-order valence-electron chi connectivity index (χ4n) is 4.84. The van der Waals surface area contributed by atoms with Crippen LogP contribution in [0, 0.1) is 11.3 Å². The third kappa shape index (κ3) is 10.3. The number of benzene rings is 3. The molecule has 2 atom stereocenters. The summed E-state index contributed by atoms with van der Waals surface area (Å²) in [4.78, 5) is 55.0. The Morgan fingerprint density at radius 2 is 1.64 bits per heavy atom. The Morgan fingerprint density at radius 3 is 2.26 bits per heavy atom. The van der Waals surface area contributed by atoms with Crippen molar-refractivity contribution in [3.05, 3.63) is 89.5 Å². The van der Waals surface area contributed by atoms with Crippen molar-refractivity contribution in [3.63, 3.8) is 0 Å². The first-order valence-electron chi connectivity index (χ1n) is 16.0. The van der Waals surface area contributed by atoms with Crippen LogP contribution in [0.2, 0.25) is 0 Å². The van der Waals surface area contributed by atoms with E-state index >= 15 is 0 Å². The van der Waals surface area contributed by atoms with E-state index in [1.54, 1.807) is 65.8 Å². The van der Waals surface area contributed by atoms with Crippen LogP contribution in [0.4, 0.5) is 21.0 Å². The Balaban J connectivity index is 1.48. The molecule has 0 aromatic heterocycles. The van der Waals surface area contributed by atoms with Crippen molar-refractivity contribution >= 4 is 35.4 Å². The van der Waals surface area contributed by atoms with Gasteiger partial charge in [-0.3, -0.25) is 9.59 Å². The minimum Gasteiger partial charge on any atom is -0.489 e. The Labute approximate surface area is 291 Å². The van der Waals surface area contributed by atoms with Gasteiger partial charge in [-0.25, -0.2) is 14.5 Å². The monoisotopic (exact) mass is 686 g/mol. The van der Waals surface area contributed by atoms with Crippen molar-refractivity contribution in [1.82, 2.24) is 4.90 Å². The summed E-state index contributed by atoms with van der Waals surface area (Å²) in [5.74, 6) is -1.03. The molecule has 1 aliphatic rings. The molecular formula is C37H42N4O9. The van der Waals surface area contributed by atoms with Gasteiger partial charge >= 0.3 is 12.2 Å². The number of amides is 4. The number of aliphatic hydroxyl groups excluding tert-OH is 1. The van der Waals surface area contributed by atoms with Crippen LogP contribution in [-0.2, 0) is 37.0 Å². The average molecular weight is 687 g/mol. The first kappa shape index (κ1) is 37.4. The number of rotatable bonds is 9. The van der Waals surface area contributed by atoms with Gasteiger partial charge in [0.1, 0.15) is 23.6 Å². The lowest BCUT2D eigenvalue weighted by Gasteiger charge is -2.34. The van der Waals surface area contributed by atoms with Crippen LogP contribution in [-0.4, -0.2) is 70.6 Å². The van der Waals surface area contributed by atoms with Crippen LogP contribution in [0.5, 0.6) is 5.75 Å². The number of hydrogen-bond acceptors (Lipinski definition) is 10. The molecule has 1 heterocycles. The maximum atomic E-state index is 13.5. The largest absolute Gasteiger partial charge is 0.489 e. The molecule has 3 aromatic rings. The van der Waals surface area contributed by atoms with E-state index in [0.29, 0.717) is 18.0 Å². The minimum absolute atomic E-state index is 0.0576. The standard InChI is InChI=1S/C37H42N4O9/c1-36(2,3)49-34(45)41(35(46)50-37(4,5)6)22-26-19-27(16-15-25(26)21-38)39-32(43)30(42)31-33(44)40(17-18-47-31)28-13-10-14-29(20-28)48-23-24-11-8-7-9-12-24/h7-16,19-20,30-31,42H,17-18,22-23H2,1-6H3,(H,39,43)/t30-,31-/m1/s1. The van der Waals surface area contributed by atoms with Crippen LogP contribution in [0.1, 0.15) is 58.2 Å². The number of morpholine rings is 1. The van der Waals surface area contributed by atoms with E-state index in [2.05, 4.69) is 5.32 Å². The Kier molecular flexibility index (Phi) is 11.8. The zero-order chi connectivity index (χ0) is 36.6. The molecule has 0 aliphatic carbocycles. The second-order valence-electron chi connectivity index (χ2n) is 13.5. The van der Waals surface area contributed by atoms with Crippen molar-refractivity contribution in [3.8, 4) is 11.8 Å². The van der Waals surface area contributed by atoms with Crippen LogP contribution >= 0.6 is 0 Å². The number of carbonyl (C=O) groups is 4. The van der Waals surface area contributed by atoms with E-state index < -0.39 is 54.0 Å². The topological polar surface area (TPSA) is 168 Å². The van der Waals surface area contributed by atoms with Crippen molar-refractivity contribution in [2.24, 2.45) is 0 Å². The van der Waals surface area contributed by atoms with Crippen molar-refractivity contribution < 1.29 is 43.2 Å². The molecule has 1 aliphatic heterocycles. The fraction of sp³-hybridized carbons (Fsp3) is 0.378. The summed E-state index contributed by atoms with van der Waals surface area (Å²) in [6, 6.07) is 22.7. The highest BCUT2D eigenvalue weighted by Crippen LogP contribution is 2.26. The van der Waals surface area contributed by atoms with Gasteiger partial charge in [0.15, 0.2) is 12.2 Å². The number of ether oxygens (including phenoxy) is 4. The van der Waals surface area contributed by atoms with E-state index in [-0.39, 0.29) is 30.0 Å². The summed E-state index contributed by atoms with van der Waals surface area (Å²) < 4.78 is 22.3. The van der Waals surface area contributed by atoms with Gasteiger partial charge in [0, 0.05) is 24.0 Å². The molecule has 0 spiro atoms. The van der Waals surface area contributed by atoms with Crippen LogP contribution < -0.4 is 15.0 Å². The Hall–Kier alpha value is -5.45. The highest BCUT2D eigenvalue weighted by atomic mass is 16.6. The fourth-order valence-corrected chi connectivity index (χ4v) is 4.84. The molecule has 1 saturated heterocycles. The molecule has 1 fully saturated rings. The van der Waals surface area contributed by atoms with Crippen LogP contribution in [0.15, 0.2) is 72.8 Å². The molecular weight excluding hydrogens is 644 g/mol. The van der Waals surface area contributed by atoms with E-state index in [4.69, 9.17) is 18.9 Å². The third-order valence-electron chi connectivity index (χ3n) is 7.10. The zero-order valence-electron chi connectivity index (χ0n) is 29.0. The van der Waals surface area contributed by atoms with Crippen molar-refractivity contribution in [1.29, 1.82) is 5.26 Å². The van der Waals surface area contributed by atoms with Gasteiger partial charge in [0.25, 0.3) is 11.8 Å². The number of nitrogens with one attached hydrogen (secondary N) is 1. The number of imide groups is 1. The molecule has 0 bridgehead atoms. The quantitative estimate of drug-likeness (QED) is 0.292. The number of anilines is 2. The van der Waals surface area contributed by atoms with E-state index in [0.717, 1.165) is 10.5 Å². The predicted octanol–water partition coefficient (Wildman–Crippen LogP) is 5.54. The van der Waals surface area contributed by atoms with Gasteiger partial charge in [-0.2, -0.15) is 5.26 Å². The minimum atomic E-state index is -1.90. The van der Waals surface area contributed by atoms with Crippen LogP contribution in [0.3, 0.4) is 0 Å². The first-order chi connectivity index (χ1) is 23.5. The maximum Gasteiger partial charge on any atom is 0.420 e. The lowest BCUT2D eigenvalue weighted by Crippen LogP contribution is -2.55. The number of nitriles is 1. The van der Waals surface area contributed by atoms with E-state index in [1.807, 2.05) is 36.4 Å². The smallest absolute Gasteiger partial charge is 0.420 e.